The van der Waals surface area contributed by atoms with E-state index in [0.29, 0.717) is 16.5 Å². The Labute approximate surface area is 119 Å². The number of nitrogens with two attached hydrogens (primary N) is 1. The second-order valence-corrected chi connectivity index (χ2v) is 4.74. The predicted octanol–water partition coefficient (Wildman–Crippen LogP) is 2.67. The standard InChI is InChI=1S/C14H11ClN4O/c15-10-3-1-8(2-4-10)12-13(18-19-14(12)16)9-5-6-17-11(20)7-9/h1-7H,(H,17,20)(H3,16,18,19). The molecule has 0 radical (unpaired) electrons. The van der Waals surface area contributed by atoms with Crippen LogP contribution in [0, 0.1) is 0 Å². The monoisotopic (exact) mass is 286 g/mol. The lowest BCUT2D eigenvalue weighted by molar-refractivity contribution is 1.10. The SMILES string of the molecule is Nc1n[nH]c(-c2cc[nH]c(=O)c2)c1-c1ccc(Cl)cc1. The third kappa shape index (κ3) is 2.19. The van der Waals surface area contributed by atoms with Crippen molar-refractivity contribution in [3.8, 4) is 22.4 Å². The highest BCUT2D eigenvalue weighted by atomic mass is 35.5. The predicted molar refractivity (Wildman–Crippen MR) is 79.5 cm³/mol. The first-order chi connectivity index (χ1) is 9.65. The number of nitrogen functional groups attached to an aromatic ring is 1. The summed E-state index contributed by atoms with van der Waals surface area (Å²) in [5, 5.41) is 7.55. The molecule has 0 saturated heterocycles. The first-order valence-electron chi connectivity index (χ1n) is 5.94. The summed E-state index contributed by atoms with van der Waals surface area (Å²) in [5.41, 5.74) is 8.81. The van der Waals surface area contributed by atoms with E-state index >= 15 is 0 Å². The maximum Gasteiger partial charge on any atom is 0.248 e. The van der Waals surface area contributed by atoms with Gasteiger partial charge in [-0.05, 0) is 23.8 Å². The summed E-state index contributed by atoms with van der Waals surface area (Å²) in [4.78, 5) is 14.0. The summed E-state index contributed by atoms with van der Waals surface area (Å²) in [6, 6.07) is 10.6. The van der Waals surface area contributed by atoms with E-state index in [-0.39, 0.29) is 5.56 Å². The van der Waals surface area contributed by atoms with Crippen molar-refractivity contribution in [3.05, 3.63) is 58.0 Å². The average molecular weight is 287 g/mol. The van der Waals surface area contributed by atoms with Gasteiger partial charge in [-0.2, -0.15) is 5.10 Å². The summed E-state index contributed by atoms with van der Waals surface area (Å²) in [6.07, 6.45) is 1.58. The number of nitrogens with zero attached hydrogens (tertiary/aromatic N) is 1. The maximum absolute atomic E-state index is 11.4. The molecular formula is C14H11ClN4O. The van der Waals surface area contributed by atoms with Crippen LogP contribution in [0.3, 0.4) is 0 Å². The number of rotatable bonds is 2. The average Bonchev–Trinajstić information content (AvgIpc) is 2.82. The van der Waals surface area contributed by atoms with Crippen LogP contribution in [0.5, 0.6) is 0 Å². The maximum atomic E-state index is 11.4. The van der Waals surface area contributed by atoms with Crippen molar-refractivity contribution in [1.82, 2.24) is 15.2 Å². The van der Waals surface area contributed by atoms with Crippen LogP contribution in [0.15, 0.2) is 47.4 Å². The number of nitrogens with one attached hydrogen (secondary N) is 2. The molecule has 0 amide bonds. The van der Waals surface area contributed by atoms with E-state index < -0.39 is 0 Å². The molecule has 3 aromatic rings. The fourth-order valence-corrected chi connectivity index (χ4v) is 2.20. The number of halogens is 1. The molecule has 0 aliphatic carbocycles. The van der Waals surface area contributed by atoms with Crippen LogP contribution < -0.4 is 11.3 Å². The molecule has 0 unspecified atom stereocenters. The molecule has 0 saturated carbocycles. The number of aromatic amines is 2. The van der Waals surface area contributed by atoms with E-state index in [1.54, 1.807) is 24.4 Å². The molecule has 5 nitrogen and oxygen atoms in total. The highest BCUT2D eigenvalue weighted by Crippen LogP contribution is 2.34. The zero-order valence-corrected chi connectivity index (χ0v) is 11.1. The molecular weight excluding hydrogens is 276 g/mol. The van der Waals surface area contributed by atoms with Crippen molar-refractivity contribution in [2.45, 2.75) is 0 Å². The van der Waals surface area contributed by atoms with Crippen molar-refractivity contribution in [2.75, 3.05) is 5.73 Å². The quantitative estimate of drug-likeness (QED) is 0.677. The minimum atomic E-state index is -0.183. The fraction of sp³-hybridized carbons (Fsp3) is 0. The molecule has 0 fully saturated rings. The number of hydrogen-bond acceptors (Lipinski definition) is 3. The molecule has 2 aromatic heterocycles. The molecule has 2 heterocycles. The third-order valence-corrected chi connectivity index (χ3v) is 3.24. The van der Waals surface area contributed by atoms with Gasteiger partial charge in [0.1, 0.15) is 0 Å². The first kappa shape index (κ1) is 12.5. The minimum Gasteiger partial charge on any atom is -0.382 e. The number of aromatic nitrogens is 3. The van der Waals surface area contributed by atoms with E-state index in [9.17, 15) is 4.79 Å². The third-order valence-electron chi connectivity index (χ3n) is 2.99. The first-order valence-corrected chi connectivity index (χ1v) is 6.32. The van der Waals surface area contributed by atoms with Gasteiger partial charge in [0, 0.05) is 22.8 Å². The van der Waals surface area contributed by atoms with Crippen LogP contribution in [0.1, 0.15) is 0 Å². The van der Waals surface area contributed by atoms with Gasteiger partial charge >= 0.3 is 0 Å². The molecule has 6 heteroatoms. The number of pyridine rings is 1. The minimum absolute atomic E-state index is 0.183. The van der Waals surface area contributed by atoms with Gasteiger partial charge in [-0.25, -0.2) is 0 Å². The van der Waals surface area contributed by atoms with Crippen LogP contribution in [0.4, 0.5) is 5.82 Å². The van der Waals surface area contributed by atoms with Crippen LogP contribution in [0.25, 0.3) is 22.4 Å². The summed E-state index contributed by atoms with van der Waals surface area (Å²) in [5.74, 6) is 0.377. The molecule has 0 atom stereocenters. The second-order valence-electron chi connectivity index (χ2n) is 4.31. The summed E-state index contributed by atoms with van der Waals surface area (Å²) in [7, 11) is 0. The van der Waals surface area contributed by atoms with Crippen LogP contribution >= 0.6 is 11.6 Å². The van der Waals surface area contributed by atoms with Gasteiger partial charge < -0.3 is 10.7 Å². The largest absolute Gasteiger partial charge is 0.382 e. The molecule has 0 spiro atoms. The summed E-state index contributed by atoms with van der Waals surface area (Å²) >= 11 is 5.89. The van der Waals surface area contributed by atoms with Crippen molar-refractivity contribution < 1.29 is 0 Å². The smallest absolute Gasteiger partial charge is 0.248 e. The van der Waals surface area contributed by atoms with Gasteiger partial charge in [-0.3, -0.25) is 9.89 Å². The highest BCUT2D eigenvalue weighted by Gasteiger charge is 2.14. The topological polar surface area (TPSA) is 87.6 Å². The molecule has 0 bridgehead atoms. The van der Waals surface area contributed by atoms with Gasteiger partial charge in [0.25, 0.3) is 0 Å². The second kappa shape index (κ2) is 4.86. The van der Waals surface area contributed by atoms with Crippen LogP contribution in [0.2, 0.25) is 5.02 Å². The lowest BCUT2D eigenvalue weighted by Gasteiger charge is -2.04. The summed E-state index contributed by atoms with van der Waals surface area (Å²) in [6.45, 7) is 0. The van der Waals surface area contributed by atoms with Gasteiger partial charge in [-0.1, -0.05) is 23.7 Å². The number of benzene rings is 1. The van der Waals surface area contributed by atoms with Crippen LogP contribution in [-0.2, 0) is 0 Å². The molecule has 4 N–H and O–H groups in total. The Morgan fingerprint density at radius 2 is 1.85 bits per heavy atom. The van der Waals surface area contributed by atoms with Crippen LogP contribution in [-0.4, -0.2) is 15.2 Å². The van der Waals surface area contributed by atoms with Gasteiger partial charge in [-0.15, -0.1) is 0 Å². The zero-order chi connectivity index (χ0) is 14.1. The normalized spacial score (nSPS) is 10.7. The van der Waals surface area contributed by atoms with E-state index in [1.807, 2.05) is 12.1 Å². The number of anilines is 1. The molecule has 100 valence electrons. The molecule has 0 aliphatic heterocycles. The highest BCUT2D eigenvalue weighted by molar-refractivity contribution is 6.30. The molecule has 1 aromatic carbocycles. The van der Waals surface area contributed by atoms with Gasteiger partial charge in [0.2, 0.25) is 5.56 Å². The Bertz CT molecular complexity index is 805. The Balaban J connectivity index is 2.19. The van der Waals surface area contributed by atoms with E-state index in [4.69, 9.17) is 17.3 Å². The number of hydrogen-bond donors (Lipinski definition) is 3. The van der Waals surface area contributed by atoms with E-state index in [1.165, 1.54) is 6.07 Å². The van der Waals surface area contributed by atoms with E-state index in [0.717, 1.165) is 16.7 Å². The lowest BCUT2D eigenvalue weighted by atomic mass is 10.0. The van der Waals surface area contributed by atoms with Gasteiger partial charge in [0.15, 0.2) is 5.82 Å². The van der Waals surface area contributed by atoms with Crippen molar-refractivity contribution in [2.24, 2.45) is 0 Å². The zero-order valence-electron chi connectivity index (χ0n) is 10.4. The Hall–Kier alpha value is -2.53. The number of H-pyrrole nitrogens is 2. The Kier molecular flexibility index (Phi) is 3.04. The van der Waals surface area contributed by atoms with E-state index in [2.05, 4.69) is 15.2 Å². The Morgan fingerprint density at radius 1 is 1.10 bits per heavy atom. The molecule has 20 heavy (non-hydrogen) atoms. The lowest BCUT2D eigenvalue weighted by Crippen LogP contribution is -2.02. The van der Waals surface area contributed by atoms with Gasteiger partial charge in [0.05, 0.1) is 11.3 Å². The Morgan fingerprint density at radius 3 is 2.55 bits per heavy atom. The van der Waals surface area contributed by atoms with Crippen molar-refractivity contribution in [1.29, 1.82) is 0 Å². The van der Waals surface area contributed by atoms with Crippen molar-refractivity contribution >= 4 is 17.4 Å². The van der Waals surface area contributed by atoms with Crippen molar-refractivity contribution in [3.63, 3.8) is 0 Å². The molecule has 3 rings (SSSR count). The fourth-order valence-electron chi connectivity index (χ4n) is 2.07. The molecule has 0 aliphatic rings. The summed E-state index contributed by atoms with van der Waals surface area (Å²) < 4.78 is 0.